The van der Waals surface area contributed by atoms with Gasteiger partial charge in [0.25, 0.3) is 0 Å². The molecule has 1 atom stereocenters. The van der Waals surface area contributed by atoms with Crippen LogP contribution in [0.5, 0.6) is 0 Å². The minimum Gasteiger partial charge on any atom is -0.210 e. The summed E-state index contributed by atoms with van der Waals surface area (Å²) in [7, 11) is -3.47. The molecule has 1 unspecified atom stereocenters. The van der Waals surface area contributed by atoms with Crippen LogP contribution in [0.15, 0.2) is 29.2 Å². The third-order valence-electron chi connectivity index (χ3n) is 2.73. The molecular formula is C11H13Cl2NO2S. The van der Waals surface area contributed by atoms with Gasteiger partial charge in [-0.1, -0.05) is 11.6 Å². The molecule has 3 nitrogen and oxygen atoms in total. The third kappa shape index (κ3) is 3.58. The van der Waals surface area contributed by atoms with Gasteiger partial charge < -0.3 is 0 Å². The standard InChI is InChI=1S/C11H13Cl2NO2S/c12-9-3-5-10(6-4-9)17(15,16)14-7-11(13)8-1-2-8/h3-6,8,11,14H,1-2,7H2. The van der Waals surface area contributed by atoms with Crippen LogP contribution >= 0.6 is 23.2 Å². The molecule has 17 heavy (non-hydrogen) atoms. The normalized spacial score (nSPS) is 18.0. The Balaban J connectivity index is 2.00. The van der Waals surface area contributed by atoms with Crippen LogP contribution in [0.4, 0.5) is 0 Å². The molecule has 0 aromatic heterocycles. The van der Waals surface area contributed by atoms with Gasteiger partial charge in [-0.3, -0.25) is 0 Å². The highest BCUT2D eigenvalue weighted by Gasteiger charge is 2.30. The number of rotatable bonds is 5. The smallest absolute Gasteiger partial charge is 0.210 e. The zero-order valence-corrected chi connectivity index (χ0v) is 11.4. The van der Waals surface area contributed by atoms with Crippen LogP contribution in [0.3, 0.4) is 0 Å². The molecule has 0 spiro atoms. The number of benzene rings is 1. The number of alkyl halides is 1. The van der Waals surface area contributed by atoms with E-state index in [4.69, 9.17) is 23.2 Å². The summed E-state index contributed by atoms with van der Waals surface area (Å²) in [6, 6.07) is 6.06. The Hall–Kier alpha value is -0.290. The van der Waals surface area contributed by atoms with Gasteiger partial charge in [0, 0.05) is 16.9 Å². The van der Waals surface area contributed by atoms with Crippen molar-refractivity contribution in [1.29, 1.82) is 0 Å². The van der Waals surface area contributed by atoms with Crippen molar-refractivity contribution in [2.45, 2.75) is 23.1 Å². The summed E-state index contributed by atoms with van der Waals surface area (Å²) in [6.45, 7) is 0.275. The third-order valence-corrected chi connectivity index (χ3v) is 4.93. The van der Waals surface area contributed by atoms with Crippen LogP contribution in [0.1, 0.15) is 12.8 Å². The van der Waals surface area contributed by atoms with E-state index < -0.39 is 10.0 Å². The SMILES string of the molecule is O=S(=O)(NCC(Cl)C1CC1)c1ccc(Cl)cc1. The Kier molecular flexibility index (Phi) is 3.98. The lowest BCUT2D eigenvalue weighted by Gasteiger charge is -2.10. The molecule has 1 aliphatic carbocycles. The maximum absolute atomic E-state index is 11.9. The second-order valence-electron chi connectivity index (χ2n) is 4.16. The van der Waals surface area contributed by atoms with Crippen molar-refractivity contribution >= 4 is 33.2 Å². The maximum atomic E-state index is 11.9. The van der Waals surface area contributed by atoms with Gasteiger partial charge in [-0.25, -0.2) is 13.1 Å². The van der Waals surface area contributed by atoms with Crippen LogP contribution in [0.25, 0.3) is 0 Å². The Morgan fingerprint density at radius 3 is 2.41 bits per heavy atom. The van der Waals surface area contributed by atoms with E-state index in [0.717, 1.165) is 12.8 Å². The second kappa shape index (κ2) is 5.14. The Morgan fingerprint density at radius 2 is 1.88 bits per heavy atom. The first-order chi connectivity index (χ1) is 7.99. The molecule has 1 aromatic rings. The van der Waals surface area contributed by atoms with Gasteiger partial charge in [-0.05, 0) is 43.0 Å². The van der Waals surface area contributed by atoms with E-state index in [1.54, 1.807) is 12.1 Å². The van der Waals surface area contributed by atoms with Crippen LogP contribution in [-0.4, -0.2) is 20.3 Å². The van der Waals surface area contributed by atoms with Crippen molar-refractivity contribution in [3.63, 3.8) is 0 Å². The summed E-state index contributed by atoms with van der Waals surface area (Å²) in [5.74, 6) is 0.463. The van der Waals surface area contributed by atoms with Gasteiger partial charge in [-0.15, -0.1) is 11.6 Å². The molecule has 0 amide bonds. The number of halogens is 2. The summed E-state index contributed by atoms with van der Waals surface area (Å²) in [5.41, 5.74) is 0. The van der Waals surface area contributed by atoms with Crippen molar-refractivity contribution in [3.8, 4) is 0 Å². The summed E-state index contributed by atoms with van der Waals surface area (Å²) in [5, 5.41) is 0.397. The summed E-state index contributed by atoms with van der Waals surface area (Å²) >= 11 is 11.8. The molecule has 2 rings (SSSR count). The largest absolute Gasteiger partial charge is 0.240 e. The molecule has 1 saturated carbocycles. The van der Waals surface area contributed by atoms with Crippen molar-refractivity contribution < 1.29 is 8.42 Å². The van der Waals surface area contributed by atoms with E-state index in [0.29, 0.717) is 10.9 Å². The van der Waals surface area contributed by atoms with Gasteiger partial charge >= 0.3 is 0 Å². The zero-order chi connectivity index (χ0) is 12.5. The summed E-state index contributed by atoms with van der Waals surface area (Å²) in [4.78, 5) is 0.210. The average molecular weight is 294 g/mol. The summed E-state index contributed by atoms with van der Waals surface area (Å²) in [6.07, 6.45) is 2.19. The van der Waals surface area contributed by atoms with E-state index in [9.17, 15) is 8.42 Å². The molecule has 1 fully saturated rings. The number of hydrogen-bond acceptors (Lipinski definition) is 2. The van der Waals surface area contributed by atoms with Crippen LogP contribution < -0.4 is 4.72 Å². The van der Waals surface area contributed by atoms with Gasteiger partial charge in [0.05, 0.1) is 4.90 Å². The molecule has 1 N–H and O–H groups in total. The zero-order valence-electron chi connectivity index (χ0n) is 9.07. The highest BCUT2D eigenvalue weighted by atomic mass is 35.5. The average Bonchev–Trinajstić information content (AvgIpc) is 3.10. The molecule has 6 heteroatoms. The number of hydrogen-bond donors (Lipinski definition) is 1. The highest BCUT2D eigenvalue weighted by molar-refractivity contribution is 7.89. The fourth-order valence-electron chi connectivity index (χ4n) is 1.51. The van der Waals surface area contributed by atoms with E-state index in [2.05, 4.69) is 4.72 Å². The van der Waals surface area contributed by atoms with Crippen molar-refractivity contribution in [1.82, 2.24) is 4.72 Å². The molecule has 1 aromatic carbocycles. The first-order valence-corrected chi connectivity index (χ1v) is 7.68. The Bertz CT molecular complexity index is 483. The molecule has 0 bridgehead atoms. The van der Waals surface area contributed by atoms with E-state index >= 15 is 0 Å². The lowest BCUT2D eigenvalue weighted by Crippen LogP contribution is -2.30. The van der Waals surface area contributed by atoms with Crippen molar-refractivity contribution in [2.24, 2.45) is 5.92 Å². The topological polar surface area (TPSA) is 46.2 Å². The molecule has 0 aliphatic heterocycles. The minimum atomic E-state index is -3.47. The first-order valence-electron chi connectivity index (χ1n) is 5.38. The van der Waals surface area contributed by atoms with E-state index in [1.807, 2.05) is 0 Å². The quantitative estimate of drug-likeness (QED) is 0.849. The molecule has 1 aliphatic rings. The minimum absolute atomic E-state index is 0.114. The lowest BCUT2D eigenvalue weighted by atomic mass is 10.3. The van der Waals surface area contributed by atoms with Gasteiger partial charge in [0.2, 0.25) is 10.0 Å². The predicted octanol–water partition coefficient (Wildman–Crippen LogP) is 2.64. The fraction of sp³-hybridized carbons (Fsp3) is 0.455. The maximum Gasteiger partial charge on any atom is 0.240 e. The Labute approximate surface area is 111 Å². The van der Waals surface area contributed by atoms with Gasteiger partial charge in [-0.2, -0.15) is 0 Å². The molecular weight excluding hydrogens is 281 g/mol. The number of sulfonamides is 1. The van der Waals surface area contributed by atoms with Crippen molar-refractivity contribution in [2.75, 3.05) is 6.54 Å². The lowest BCUT2D eigenvalue weighted by molar-refractivity contribution is 0.576. The van der Waals surface area contributed by atoms with E-state index in [-0.39, 0.29) is 16.8 Å². The highest BCUT2D eigenvalue weighted by Crippen LogP contribution is 2.35. The van der Waals surface area contributed by atoms with E-state index in [1.165, 1.54) is 12.1 Å². The van der Waals surface area contributed by atoms with Crippen molar-refractivity contribution in [3.05, 3.63) is 29.3 Å². The van der Waals surface area contributed by atoms with Crippen LogP contribution in [-0.2, 0) is 10.0 Å². The fourth-order valence-corrected chi connectivity index (χ4v) is 3.12. The van der Waals surface area contributed by atoms with Crippen LogP contribution in [0.2, 0.25) is 5.02 Å². The van der Waals surface area contributed by atoms with Gasteiger partial charge in [0.1, 0.15) is 0 Å². The number of nitrogens with one attached hydrogen (secondary N) is 1. The monoisotopic (exact) mass is 293 g/mol. The summed E-state index contributed by atoms with van der Waals surface area (Å²) < 4.78 is 26.3. The molecule has 0 radical (unpaired) electrons. The second-order valence-corrected chi connectivity index (χ2v) is 6.92. The Morgan fingerprint density at radius 1 is 1.29 bits per heavy atom. The van der Waals surface area contributed by atoms with Gasteiger partial charge in [0.15, 0.2) is 0 Å². The predicted molar refractivity (Wildman–Crippen MR) is 69.0 cm³/mol. The first kappa shape index (κ1) is 13.1. The van der Waals surface area contributed by atoms with Crippen LogP contribution in [0, 0.1) is 5.92 Å². The molecule has 0 saturated heterocycles. The molecule has 94 valence electrons. The molecule has 0 heterocycles.